The maximum atomic E-state index is 13.2. The van der Waals surface area contributed by atoms with Gasteiger partial charge in [0.15, 0.2) is 11.5 Å². The molecule has 1 N–H and O–H groups in total. The Morgan fingerprint density at radius 2 is 1.96 bits per heavy atom. The van der Waals surface area contributed by atoms with Gasteiger partial charge in [0.2, 0.25) is 0 Å². The summed E-state index contributed by atoms with van der Waals surface area (Å²) in [5.41, 5.74) is 4.08. The van der Waals surface area contributed by atoms with Crippen molar-refractivity contribution >= 4 is 16.8 Å². The van der Waals surface area contributed by atoms with Gasteiger partial charge in [0.1, 0.15) is 5.75 Å². The van der Waals surface area contributed by atoms with Crippen molar-refractivity contribution in [3.8, 4) is 17.2 Å². The summed E-state index contributed by atoms with van der Waals surface area (Å²) in [7, 11) is 1.67. The molecule has 1 amide bonds. The molecule has 3 aromatic rings. The molecule has 6 nitrogen and oxygen atoms in total. The number of rotatable bonds is 2. The van der Waals surface area contributed by atoms with Gasteiger partial charge < -0.3 is 24.1 Å². The van der Waals surface area contributed by atoms with E-state index < -0.39 is 0 Å². The molecule has 2 aliphatic rings. The molecule has 0 bridgehead atoms. The predicted molar refractivity (Wildman–Crippen MR) is 105 cm³/mol. The maximum absolute atomic E-state index is 13.2. The van der Waals surface area contributed by atoms with Gasteiger partial charge in [-0.2, -0.15) is 0 Å². The van der Waals surface area contributed by atoms with Gasteiger partial charge in [-0.25, -0.2) is 0 Å². The number of methoxy groups -OCH3 is 1. The number of hydrogen-bond acceptors (Lipinski definition) is 4. The fraction of sp³-hybridized carbons (Fsp3) is 0.318. The Labute approximate surface area is 163 Å². The highest BCUT2D eigenvalue weighted by atomic mass is 16.5. The van der Waals surface area contributed by atoms with Crippen LogP contribution >= 0.6 is 0 Å². The summed E-state index contributed by atoms with van der Waals surface area (Å²) in [6.07, 6.45) is 1.65. The Morgan fingerprint density at radius 3 is 2.82 bits per heavy atom. The first-order valence-electron chi connectivity index (χ1n) is 9.59. The monoisotopic (exact) mass is 378 g/mol. The van der Waals surface area contributed by atoms with Crippen molar-refractivity contribution in [1.29, 1.82) is 0 Å². The van der Waals surface area contributed by atoms with Gasteiger partial charge >= 0.3 is 0 Å². The van der Waals surface area contributed by atoms with Gasteiger partial charge in [-0.1, -0.05) is 0 Å². The normalized spacial score (nSPS) is 15.8. The number of nitrogens with one attached hydrogen (secondary N) is 1. The van der Waals surface area contributed by atoms with E-state index in [-0.39, 0.29) is 5.91 Å². The molecule has 0 atom stereocenters. The average Bonchev–Trinajstić information content (AvgIpc) is 2.93. The quantitative estimate of drug-likeness (QED) is 0.741. The van der Waals surface area contributed by atoms with Gasteiger partial charge in [-0.3, -0.25) is 4.79 Å². The topological polar surface area (TPSA) is 63.8 Å². The molecule has 2 aromatic carbocycles. The van der Waals surface area contributed by atoms with Crippen molar-refractivity contribution < 1.29 is 19.0 Å². The molecular formula is C22H22N2O4. The molecule has 2 aliphatic heterocycles. The second-order valence-corrected chi connectivity index (χ2v) is 7.18. The maximum Gasteiger partial charge on any atom is 0.254 e. The Hall–Kier alpha value is -3.15. The number of aromatic amines is 1. The number of H-pyrrole nitrogens is 1. The van der Waals surface area contributed by atoms with E-state index in [4.69, 9.17) is 14.2 Å². The van der Waals surface area contributed by atoms with Crippen molar-refractivity contribution in [2.75, 3.05) is 26.9 Å². The zero-order chi connectivity index (χ0) is 19.1. The predicted octanol–water partition coefficient (Wildman–Crippen LogP) is 3.54. The summed E-state index contributed by atoms with van der Waals surface area (Å²) in [6, 6.07) is 11.5. The van der Waals surface area contributed by atoms with E-state index in [9.17, 15) is 4.79 Å². The van der Waals surface area contributed by atoms with E-state index in [1.54, 1.807) is 13.2 Å². The van der Waals surface area contributed by atoms with Crippen molar-refractivity contribution in [2.24, 2.45) is 0 Å². The first-order valence-corrected chi connectivity index (χ1v) is 9.59. The van der Waals surface area contributed by atoms with Gasteiger partial charge in [0.25, 0.3) is 5.91 Å². The van der Waals surface area contributed by atoms with Crippen molar-refractivity contribution in [3.63, 3.8) is 0 Å². The summed E-state index contributed by atoms with van der Waals surface area (Å²) in [5, 5.41) is 1.12. The molecular weight excluding hydrogens is 356 g/mol. The molecule has 0 radical (unpaired) electrons. The lowest BCUT2D eigenvalue weighted by Crippen LogP contribution is -2.35. The number of carbonyl (C=O) groups is 1. The molecule has 0 unspecified atom stereocenters. The average molecular weight is 378 g/mol. The van der Waals surface area contributed by atoms with Crippen LogP contribution in [0.3, 0.4) is 0 Å². The lowest BCUT2D eigenvalue weighted by molar-refractivity contribution is 0.0734. The van der Waals surface area contributed by atoms with Gasteiger partial charge in [-0.15, -0.1) is 0 Å². The number of hydrogen-bond donors (Lipinski definition) is 1. The lowest BCUT2D eigenvalue weighted by atomic mass is 10.0. The third kappa shape index (κ3) is 2.85. The summed E-state index contributed by atoms with van der Waals surface area (Å²) in [4.78, 5) is 18.5. The number of aromatic nitrogens is 1. The smallest absolute Gasteiger partial charge is 0.254 e. The Balaban J connectivity index is 1.44. The highest BCUT2D eigenvalue weighted by Gasteiger charge is 2.26. The highest BCUT2D eigenvalue weighted by molar-refractivity contribution is 5.96. The highest BCUT2D eigenvalue weighted by Crippen LogP contribution is 2.33. The minimum atomic E-state index is 0.0125. The molecule has 3 heterocycles. The summed E-state index contributed by atoms with van der Waals surface area (Å²) in [5.74, 6) is 2.19. The Morgan fingerprint density at radius 1 is 1.11 bits per heavy atom. The molecule has 1 aromatic heterocycles. The van der Waals surface area contributed by atoms with E-state index >= 15 is 0 Å². The van der Waals surface area contributed by atoms with Crippen LogP contribution in [0.15, 0.2) is 36.4 Å². The van der Waals surface area contributed by atoms with E-state index in [0.717, 1.165) is 29.5 Å². The van der Waals surface area contributed by atoms with E-state index in [2.05, 4.69) is 4.98 Å². The molecule has 5 rings (SSSR count). The van der Waals surface area contributed by atoms with Crippen molar-refractivity contribution in [3.05, 3.63) is 53.2 Å². The fourth-order valence-corrected chi connectivity index (χ4v) is 3.97. The van der Waals surface area contributed by atoms with Crippen LogP contribution in [0.4, 0.5) is 0 Å². The minimum Gasteiger partial charge on any atom is -0.497 e. The lowest BCUT2D eigenvalue weighted by Gasteiger charge is -2.27. The van der Waals surface area contributed by atoms with Crippen molar-refractivity contribution in [1.82, 2.24) is 9.88 Å². The molecule has 0 fully saturated rings. The zero-order valence-electron chi connectivity index (χ0n) is 15.8. The van der Waals surface area contributed by atoms with E-state index in [0.29, 0.717) is 43.4 Å². The Kier molecular flexibility index (Phi) is 4.11. The van der Waals surface area contributed by atoms with Crippen LogP contribution in [0.2, 0.25) is 0 Å². The van der Waals surface area contributed by atoms with Crippen LogP contribution in [0.25, 0.3) is 10.9 Å². The zero-order valence-corrected chi connectivity index (χ0v) is 15.8. The molecule has 0 saturated carbocycles. The third-order valence-corrected chi connectivity index (χ3v) is 5.46. The largest absolute Gasteiger partial charge is 0.497 e. The molecule has 0 aliphatic carbocycles. The van der Waals surface area contributed by atoms with Gasteiger partial charge in [0, 0.05) is 53.7 Å². The molecule has 6 heteroatoms. The van der Waals surface area contributed by atoms with Crippen LogP contribution in [-0.2, 0) is 13.0 Å². The van der Waals surface area contributed by atoms with Crippen LogP contribution in [-0.4, -0.2) is 42.7 Å². The fourth-order valence-electron chi connectivity index (χ4n) is 3.97. The first-order chi connectivity index (χ1) is 13.7. The van der Waals surface area contributed by atoms with Crippen LogP contribution < -0.4 is 14.2 Å². The SMILES string of the molecule is COc1ccc2[nH]c3c(c2c1)CN(C(=O)c1ccc2c(c1)OCCCO2)CC3. The van der Waals surface area contributed by atoms with Gasteiger partial charge in [0.05, 0.1) is 20.3 Å². The molecule has 0 saturated heterocycles. The number of benzene rings is 2. The van der Waals surface area contributed by atoms with E-state index in [1.165, 1.54) is 11.3 Å². The molecule has 0 spiro atoms. The summed E-state index contributed by atoms with van der Waals surface area (Å²) >= 11 is 0. The molecule has 144 valence electrons. The standard InChI is InChI=1S/C22H22N2O4/c1-26-15-4-5-18-16(12-15)17-13-24(8-7-19(17)23-18)22(25)14-3-6-20-21(11-14)28-10-2-9-27-20/h3-6,11-12,23H,2,7-10,13H2,1H3. The second kappa shape index (κ2) is 6.78. The number of carbonyl (C=O) groups excluding carboxylic acids is 1. The number of nitrogens with zero attached hydrogens (tertiary/aromatic N) is 1. The van der Waals surface area contributed by atoms with Crippen LogP contribution in [0.5, 0.6) is 17.2 Å². The summed E-state index contributed by atoms with van der Waals surface area (Å²) in [6.45, 7) is 2.51. The summed E-state index contributed by atoms with van der Waals surface area (Å²) < 4.78 is 16.8. The van der Waals surface area contributed by atoms with Gasteiger partial charge in [-0.05, 0) is 36.4 Å². The second-order valence-electron chi connectivity index (χ2n) is 7.18. The minimum absolute atomic E-state index is 0.0125. The van der Waals surface area contributed by atoms with Crippen LogP contribution in [0.1, 0.15) is 28.0 Å². The Bertz CT molecular complexity index is 1060. The molecule has 28 heavy (non-hydrogen) atoms. The van der Waals surface area contributed by atoms with Crippen molar-refractivity contribution in [2.45, 2.75) is 19.4 Å². The number of amides is 1. The third-order valence-electron chi connectivity index (χ3n) is 5.46. The number of fused-ring (bicyclic) bond motifs is 4. The first kappa shape index (κ1) is 17.0. The van der Waals surface area contributed by atoms with Crippen LogP contribution in [0, 0.1) is 0 Å². The number of ether oxygens (including phenoxy) is 3. The van der Waals surface area contributed by atoms with E-state index in [1.807, 2.05) is 35.2 Å².